The van der Waals surface area contributed by atoms with Crippen LogP contribution in [0, 0.1) is 0 Å². The molecule has 2 aromatic carbocycles. The zero-order valence-corrected chi connectivity index (χ0v) is 17.2. The molecule has 4 rings (SSSR count). The van der Waals surface area contributed by atoms with Gasteiger partial charge in [-0.05, 0) is 53.6 Å². The summed E-state index contributed by atoms with van der Waals surface area (Å²) in [6.07, 6.45) is 1.22. The van der Waals surface area contributed by atoms with Crippen LogP contribution in [0.4, 0.5) is 5.82 Å². The molecule has 2 aromatic heterocycles. The molecule has 5 N–H and O–H groups in total. The Labute approximate surface area is 186 Å². The average Bonchev–Trinajstić information content (AvgIpc) is 3.42. The normalized spacial score (nSPS) is 11.1. The van der Waals surface area contributed by atoms with Crippen molar-refractivity contribution in [2.45, 2.75) is 6.92 Å². The van der Waals surface area contributed by atoms with Crippen LogP contribution in [0.25, 0.3) is 17.1 Å². The molecule has 0 spiro atoms. The highest BCUT2D eigenvalue weighted by Crippen LogP contribution is 2.28. The molecule has 0 aliphatic heterocycles. The van der Waals surface area contributed by atoms with Crippen molar-refractivity contribution < 1.29 is 24.4 Å². The fourth-order valence-corrected chi connectivity index (χ4v) is 2.91. The predicted molar refractivity (Wildman–Crippen MR) is 115 cm³/mol. The number of carbonyl (C=O) groups excluding carboxylic acids is 1. The minimum absolute atomic E-state index is 0.0418. The highest BCUT2D eigenvalue weighted by molar-refractivity contribution is 5.99. The third-order valence-corrected chi connectivity index (χ3v) is 4.40. The molecule has 0 fully saturated rings. The lowest BCUT2D eigenvalue weighted by atomic mass is 10.1. The van der Waals surface area contributed by atoms with Gasteiger partial charge in [-0.3, -0.25) is 4.79 Å². The van der Waals surface area contributed by atoms with Crippen LogP contribution in [-0.4, -0.2) is 54.2 Å². The largest absolute Gasteiger partial charge is 0.508 e. The van der Waals surface area contributed by atoms with Crippen molar-refractivity contribution >= 4 is 17.9 Å². The number of nitrogens with two attached hydrogens (primary N) is 1. The van der Waals surface area contributed by atoms with Crippen molar-refractivity contribution in [3.05, 3.63) is 53.7 Å². The fourth-order valence-electron chi connectivity index (χ4n) is 2.91. The van der Waals surface area contributed by atoms with E-state index in [4.69, 9.17) is 10.5 Å². The van der Waals surface area contributed by atoms with Gasteiger partial charge in [-0.15, -0.1) is 5.10 Å². The predicted octanol–water partition coefficient (Wildman–Crippen LogP) is 1.47. The van der Waals surface area contributed by atoms with Crippen molar-refractivity contribution in [1.82, 2.24) is 30.7 Å². The Morgan fingerprint density at radius 2 is 2.03 bits per heavy atom. The minimum Gasteiger partial charge on any atom is -0.508 e. The number of nitrogens with one attached hydrogen (secondary N) is 1. The van der Waals surface area contributed by atoms with Crippen LogP contribution in [-0.2, 0) is 0 Å². The van der Waals surface area contributed by atoms with E-state index < -0.39 is 5.91 Å². The van der Waals surface area contributed by atoms with Crippen LogP contribution in [0.5, 0.6) is 17.2 Å². The molecule has 33 heavy (non-hydrogen) atoms. The lowest BCUT2D eigenvalue weighted by molar-refractivity contribution is 0.0950. The number of hydrogen-bond donors (Lipinski definition) is 4. The maximum atomic E-state index is 12.8. The molecule has 1 amide bonds. The van der Waals surface area contributed by atoms with E-state index in [-0.39, 0.29) is 40.1 Å². The van der Waals surface area contributed by atoms with E-state index in [9.17, 15) is 15.0 Å². The smallest absolute Gasteiger partial charge is 0.294 e. The molecule has 0 saturated carbocycles. The van der Waals surface area contributed by atoms with Crippen molar-refractivity contribution in [3.8, 4) is 34.3 Å². The summed E-state index contributed by atoms with van der Waals surface area (Å²) in [4.78, 5) is 12.8. The van der Waals surface area contributed by atoms with Crippen LogP contribution in [0.2, 0.25) is 0 Å². The van der Waals surface area contributed by atoms with E-state index in [0.717, 1.165) is 6.07 Å². The number of aromatic nitrogens is 5. The van der Waals surface area contributed by atoms with Crippen molar-refractivity contribution in [2.24, 2.45) is 5.10 Å². The Hall–Kier alpha value is -4.94. The van der Waals surface area contributed by atoms with Crippen molar-refractivity contribution in [1.29, 1.82) is 0 Å². The second-order valence-electron chi connectivity index (χ2n) is 6.57. The number of carbonyl (C=O) groups is 1. The number of anilines is 1. The molecule has 0 saturated heterocycles. The number of nitrogen functional groups attached to an aromatic ring is 1. The summed E-state index contributed by atoms with van der Waals surface area (Å²) in [6, 6.07) is 10.9. The van der Waals surface area contributed by atoms with Gasteiger partial charge in [-0.25, -0.2) is 10.1 Å². The van der Waals surface area contributed by atoms with Crippen molar-refractivity contribution in [3.63, 3.8) is 0 Å². The first kappa shape index (κ1) is 21.3. The molecule has 0 aliphatic rings. The van der Waals surface area contributed by atoms with Gasteiger partial charge in [-0.2, -0.15) is 9.78 Å². The molecule has 4 aromatic rings. The van der Waals surface area contributed by atoms with Crippen LogP contribution in [0.1, 0.15) is 23.0 Å². The van der Waals surface area contributed by atoms with Gasteiger partial charge >= 0.3 is 0 Å². The summed E-state index contributed by atoms with van der Waals surface area (Å²) in [5.41, 5.74) is 9.16. The molecular formula is C20H18N8O5. The highest BCUT2D eigenvalue weighted by atomic mass is 16.6. The summed E-state index contributed by atoms with van der Waals surface area (Å²) in [5, 5.41) is 38.2. The second kappa shape index (κ2) is 9.05. The van der Waals surface area contributed by atoms with Gasteiger partial charge in [0.2, 0.25) is 11.6 Å². The van der Waals surface area contributed by atoms with E-state index in [1.165, 1.54) is 23.0 Å². The van der Waals surface area contributed by atoms with Crippen LogP contribution < -0.4 is 15.9 Å². The van der Waals surface area contributed by atoms with E-state index in [2.05, 4.69) is 35.8 Å². The Morgan fingerprint density at radius 3 is 2.70 bits per heavy atom. The summed E-state index contributed by atoms with van der Waals surface area (Å²) < 4.78 is 11.3. The maximum Gasteiger partial charge on any atom is 0.294 e. The fraction of sp³-hybridized carbons (Fsp3) is 0.100. The van der Waals surface area contributed by atoms with Crippen LogP contribution in [0.3, 0.4) is 0 Å². The molecule has 0 unspecified atom stereocenters. The quantitative estimate of drug-likeness (QED) is 0.237. The van der Waals surface area contributed by atoms with Gasteiger partial charge in [0.15, 0.2) is 5.69 Å². The van der Waals surface area contributed by atoms with Gasteiger partial charge in [0.1, 0.15) is 22.9 Å². The summed E-state index contributed by atoms with van der Waals surface area (Å²) >= 11 is 0. The van der Waals surface area contributed by atoms with Gasteiger partial charge in [0.05, 0.1) is 12.8 Å². The topological polar surface area (TPSA) is 187 Å². The molecule has 2 heterocycles. The standard InChI is InChI=1S/C20H18N8O5/c1-2-32-14-7-4-11(5-8-14)17-16(23-27-28(17)19-18(21)25-33-26-19)20(31)24-22-10-12-3-6-13(29)9-15(12)30/h3-10,29-30H,2H2,1H3,(H2,21,25)(H,24,31)/b22-10+. The van der Waals surface area contributed by atoms with Crippen molar-refractivity contribution in [2.75, 3.05) is 12.3 Å². The van der Waals surface area contributed by atoms with Crippen LogP contribution >= 0.6 is 0 Å². The first-order valence-corrected chi connectivity index (χ1v) is 9.60. The summed E-state index contributed by atoms with van der Waals surface area (Å²) in [6.45, 7) is 2.37. The number of rotatable bonds is 7. The lowest BCUT2D eigenvalue weighted by Crippen LogP contribution is -2.19. The van der Waals surface area contributed by atoms with E-state index in [0.29, 0.717) is 17.9 Å². The van der Waals surface area contributed by atoms with E-state index >= 15 is 0 Å². The van der Waals surface area contributed by atoms with Crippen LogP contribution in [0.15, 0.2) is 52.2 Å². The SMILES string of the molecule is CCOc1ccc(-c2c(C(=O)N/N=C/c3ccc(O)cc3O)nnn2-c2nonc2N)cc1. The number of ether oxygens (including phenoxy) is 1. The third-order valence-electron chi connectivity index (χ3n) is 4.40. The van der Waals surface area contributed by atoms with E-state index in [1.807, 2.05) is 6.92 Å². The summed E-state index contributed by atoms with van der Waals surface area (Å²) in [5.74, 6) is -0.334. The Morgan fingerprint density at radius 1 is 1.24 bits per heavy atom. The zero-order valence-electron chi connectivity index (χ0n) is 17.2. The number of phenols is 2. The van der Waals surface area contributed by atoms with Gasteiger partial charge < -0.3 is 20.7 Å². The number of hydrazone groups is 1. The number of phenolic OH excluding ortho intramolecular Hbond substituents is 2. The molecule has 13 heteroatoms. The average molecular weight is 450 g/mol. The molecule has 0 aliphatic carbocycles. The molecule has 13 nitrogen and oxygen atoms in total. The van der Waals surface area contributed by atoms with Gasteiger partial charge in [-0.1, -0.05) is 5.21 Å². The number of nitrogens with zero attached hydrogens (tertiary/aromatic N) is 6. The van der Waals surface area contributed by atoms with E-state index in [1.54, 1.807) is 24.3 Å². The monoisotopic (exact) mass is 450 g/mol. The third kappa shape index (κ3) is 4.41. The molecule has 168 valence electrons. The Bertz CT molecular complexity index is 1310. The number of amides is 1. The minimum atomic E-state index is -0.685. The second-order valence-corrected chi connectivity index (χ2v) is 6.57. The number of hydrogen-bond acceptors (Lipinski definition) is 11. The molecular weight excluding hydrogens is 432 g/mol. The molecule has 0 radical (unpaired) electrons. The lowest BCUT2D eigenvalue weighted by Gasteiger charge is -2.07. The molecule has 0 atom stereocenters. The Kier molecular flexibility index (Phi) is 5.84. The number of aromatic hydroxyl groups is 2. The first-order valence-electron chi connectivity index (χ1n) is 9.60. The highest BCUT2D eigenvalue weighted by Gasteiger charge is 2.25. The first-order chi connectivity index (χ1) is 16.0. The molecule has 0 bridgehead atoms. The van der Waals surface area contributed by atoms with Gasteiger partial charge in [0.25, 0.3) is 5.91 Å². The Balaban J connectivity index is 1.67. The zero-order chi connectivity index (χ0) is 23.4. The number of benzene rings is 2. The maximum absolute atomic E-state index is 12.8. The summed E-state index contributed by atoms with van der Waals surface area (Å²) in [7, 11) is 0. The van der Waals surface area contributed by atoms with Gasteiger partial charge in [0, 0.05) is 17.2 Å².